The molecule has 2 heterocycles. The highest BCUT2D eigenvalue weighted by Gasteiger charge is 2.25. The number of pyridine rings is 1. The van der Waals surface area contributed by atoms with Crippen molar-refractivity contribution >= 4 is 34.2 Å². The molecule has 0 radical (unpaired) electrons. The lowest BCUT2D eigenvalue weighted by molar-refractivity contribution is -0.112. The lowest BCUT2D eigenvalue weighted by atomic mass is 10.1. The number of carbonyl (C=O) groups is 3. The van der Waals surface area contributed by atoms with Crippen LogP contribution in [-0.4, -0.2) is 44.1 Å². The lowest BCUT2D eigenvalue weighted by Gasteiger charge is -2.31. The summed E-state index contributed by atoms with van der Waals surface area (Å²) in [6.45, 7) is 7.62. The van der Waals surface area contributed by atoms with Gasteiger partial charge in [-0.05, 0) is 39.8 Å². The fraction of sp³-hybridized carbons (Fsp3) is 0.304. The van der Waals surface area contributed by atoms with Gasteiger partial charge >= 0.3 is 0 Å². The number of aromatic amines is 1. The van der Waals surface area contributed by atoms with E-state index in [1.165, 1.54) is 30.1 Å². The molecule has 0 aliphatic heterocycles. The molecule has 0 spiro atoms. The van der Waals surface area contributed by atoms with Crippen molar-refractivity contribution in [3.05, 3.63) is 64.2 Å². The first-order valence-electron chi connectivity index (χ1n) is 10.1. The number of hydrogen-bond donors (Lipinski definition) is 2. The summed E-state index contributed by atoms with van der Waals surface area (Å²) in [5.41, 5.74) is 0.545. The standard InChI is InChI=1S/C23H26N4O4/c1-13(2)27(14(3)4)22(30)15-10-19(23(31)26(5)12-15)25-21(29)20(28)17-11-24-18-9-7-6-8-16(17)18/h6-14,24H,1-5H3,(H,25,29). The normalized spacial score (nSPS) is 11.2. The zero-order valence-electron chi connectivity index (χ0n) is 18.2. The van der Waals surface area contributed by atoms with Gasteiger partial charge in [-0.15, -0.1) is 0 Å². The first kappa shape index (κ1) is 22.0. The largest absolute Gasteiger partial charge is 0.360 e. The Morgan fingerprint density at radius 1 is 1.06 bits per heavy atom. The molecule has 2 amide bonds. The van der Waals surface area contributed by atoms with Gasteiger partial charge in [0.1, 0.15) is 5.69 Å². The van der Waals surface area contributed by atoms with E-state index in [0.717, 1.165) is 5.52 Å². The zero-order chi connectivity index (χ0) is 22.9. The number of aromatic nitrogens is 2. The molecule has 0 bridgehead atoms. The van der Waals surface area contributed by atoms with Crippen molar-refractivity contribution in [2.45, 2.75) is 39.8 Å². The lowest BCUT2D eigenvalue weighted by Crippen LogP contribution is -2.42. The highest BCUT2D eigenvalue weighted by atomic mass is 16.2. The minimum atomic E-state index is -0.948. The second-order valence-electron chi connectivity index (χ2n) is 7.99. The summed E-state index contributed by atoms with van der Waals surface area (Å²) in [7, 11) is 1.49. The van der Waals surface area contributed by atoms with Crippen LogP contribution >= 0.6 is 0 Å². The fourth-order valence-electron chi connectivity index (χ4n) is 3.69. The molecule has 31 heavy (non-hydrogen) atoms. The number of hydrogen-bond acceptors (Lipinski definition) is 4. The van der Waals surface area contributed by atoms with Gasteiger partial charge in [-0.25, -0.2) is 0 Å². The van der Waals surface area contributed by atoms with E-state index in [2.05, 4.69) is 10.3 Å². The number of rotatable bonds is 6. The molecular formula is C23H26N4O4. The summed E-state index contributed by atoms with van der Waals surface area (Å²) in [6.07, 6.45) is 2.90. The number of Topliss-reactive ketones (excluding diaryl/α,β-unsaturated/α-hetero) is 1. The molecule has 0 saturated carbocycles. The Bertz CT molecular complexity index is 1210. The van der Waals surface area contributed by atoms with Gasteiger partial charge in [-0.1, -0.05) is 18.2 Å². The van der Waals surface area contributed by atoms with E-state index in [9.17, 15) is 19.2 Å². The van der Waals surface area contributed by atoms with Crippen molar-refractivity contribution in [3.63, 3.8) is 0 Å². The molecule has 3 rings (SSSR count). The van der Waals surface area contributed by atoms with Gasteiger partial charge in [0.15, 0.2) is 0 Å². The molecule has 0 unspecified atom stereocenters. The molecule has 8 heteroatoms. The quantitative estimate of drug-likeness (QED) is 0.471. The maximum absolute atomic E-state index is 13.0. The predicted octanol–water partition coefficient (Wildman–Crippen LogP) is 2.95. The molecular weight excluding hydrogens is 396 g/mol. The van der Waals surface area contributed by atoms with Gasteiger partial charge in [0.25, 0.3) is 23.2 Å². The van der Waals surface area contributed by atoms with Gasteiger partial charge in [0, 0.05) is 42.4 Å². The third-order valence-electron chi connectivity index (χ3n) is 5.07. The van der Waals surface area contributed by atoms with Crippen molar-refractivity contribution in [2.24, 2.45) is 7.05 Å². The number of anilines is 1. The van der Waals surface area contributed by atoms with E-state index in [4.69, 9.17) is 0 Å². The Morgan fingerprint density at radius 2 is 1.71 bits per heavy atom. The maximum atomic E-state index is 13.0. The topological polar surface area (TPSA) is 104 Å². The summed E-state index contributed by atoms with van der Waals surface area (Å²) >= 11 is 0. The Morgan fingerprint density at radius 3 is 2.35 bits per heavy atom. The molecule has 2 N–H and O–H groups in total. The summed E-state index contributed by atoms with van der Waals surface area (Å²) in [6, 6.07) is 8.34. The smallest absolute Gasteiger partial charge is 0.296 e. The molecule has 162 valence electrons. The number of fused-ring (bicyclic) bond motifs is 1. The van der Waals surface area contributed by atoms with E-state index in [0.29, 0.717) is 5.39 Å². The second-order valence-corrected chi connectivity index (χ2v) is 7.99. The Hall–Kier alpha value is -3.68. The molecule has 3 aromatic rings. The Balaban J connectivity index is 1.92. The molecule has 0 fully saturated rings. The van der Waals surface area contributed by atoms with Crippen molar-refractivity contribution in [1.82, 2.24) is 14.5 Å². The Kier molecular flexibility index (Phi) is 6.10. The first-order chi connectivity index (χ1) is 14.6. The van der Waals surface area contributed by atoms with Gasteiger partial charge in [-0.3, -0.25) is 19.2 Å². The number of H-pyrrole nitrogens is 1. The molecule has 0 atom stereocenters. The van der Waals surface area contributed by atoms with Crippen molar-refractivity contribution < 1.29 is 14.4 Å². The Labute approximate surface area is 179 Å². The minimum Gasteiger partial charge on any atom is -0.360 e. The van der Waals surface area contributed by atoms with Crippen LogP contribution in [0.5, 0.6) is 0 Å². The number of amides is 2. The van der Waals surface area contributed by atoms with Gasteiger partial charge in [0.2, 0.25) is 0 Å². The summed E-state index contributed by atoms with van der Waals surface area (Å²) in [5.74, 6) is -1.99. The van der Waals surface area contributed by atoms with Crippen LogP contribution in [0.3, 0.4) is 0 Å². The molecule has 1 aromatic carbocycles. The SMILES string of the molecule is CC(C)N(C(=O)c1cc(NC(=O)C(=O)c2c[nH]c3ccccc23)c(=O)n(C)c1)C(C)C. The van der Waals surface area contributed by atoms with Crippen molar-refractivity contribution in [3.8, 4) is 0 Å². The van der Waals surface area contributed by atoms with Crippen LogP contribution in [0.25, 0.3) is 10.9 Å². The number of aryl methyl sites for hydroxylation is 1. The predicted molar refractivity (Wildman–Crippen MR) is 119 cm³/mol. The number of ketones is 1. The van der Waals surface area contributed by atoms with Crippen LogP contribution in [0.2, 0.25) is 0 Å². The molecule has 8 nitrogen and oxygen atoms in total. The maximum Gasteiger partial charge on any atom is 0.296 e. The van der Waals surface area contributed by atoms with E-state index in [1.807, 2.05) is 33.8 Å². The molecule has 0 aliphatic carbocycles. The first-order valence-corrected chi connectivity index (χ1v) is 10.1. The highest BCUT2D eigenvalue weighted by Crippen LogP contribution is 2.19. The average molecular weight is 422 g/mol. The van der Waals surface area contributed by atoms with Crippen LogP contribution in [0.1, 0.15) is 48.4 Å². The van der Waals surface area contributed by atoms with Crippen LogP contribution in [0.15, 0.2) is 47.5 Å². The van der Waals surface area contributed by atoms with Crippen LogP contribution < -0.4 is 10.9 Å². The van der Waals surface area contributed by atoms with E-state index < -0.39 is 17.2 Å². The third kappa shape index (κ3) is 4.28. The summed E-state index contributed by atoms with van der Waals surface area (Å²) in [5, 5.41) is 3.00. The molecule has 2 aromatic heterocycles. The van der Waals surface area contributed by atoms with Gasteiger partial charge < -0.3 is 19.8 Å². The van der Waals surface area contributed by atoms with Crippen LogP contribution in [-0.2, 0) is 11.8 Å². The molecule has 0 saturated heterocycles. The van der Waals surface area contributed by atoms with Crippen LogP contribution in [0, 0.1) is 0 Å². The van der Waals surface area contributed by atoms with E-state index >= 15 is 0 Å². The summed E-state index contributed by atoms with van der Waals surface area (Å²) < 4.78 is 1.22. The van der Waals surface area contributed by atoms with Crippen molar-refractivity contribution in [2.75, 3.05) is 5.32 Å². The third-order valence-corrected chi connectivity index (χ3v) is 5.07. The second kappa shape index (κ2) is 8.59. The zero-order valence-corrected chi connectivity index (χ0v) is 18.2. The van der Waals surface area contributed by atoms with Crippen LogP contribution in [0.4, 0.5) is 5.69 Å². The number of nitrogens with one attached hydrogen (secondary N) is 2. The number of benzene rings is 1. The monoisotopic (exact) mass is 422 g/mol. The van der Waals surface area contributed by atoms with Crippen molar-refractivity contribution in [1.29, 1.82) is 0 Å². The minimum absolute atomic E-state index is 0.0498. The molecule has 0 aliphatic rings. The fourth-order valence-corrected chi connectivity index (χ4v) is 3.69. The number of nitrogens with zero attached hydrogens (tertiary/aromatic N) is 2. The number of para-hydroxylation sites is 1. The van der Waals surface area contributed by atoms with E-state index in [1.54, 1.807) is 23.1 Å². The van der Waals surface area contributed by atoms with Gasteiger partial charge in [-0.2, -0.15) is 0 Å². The van der Waals surface area contributed by atoms with E-state index in [-0.39, 0.29) is 34.8 Å². The van der Waals surface area contributed by atoms with Gasteiger partial charge in [0.05, 0.1) is 11.1 Å². The number of carbonyl (C=O) groups excluding carboxylic acids is 3. The summed E-state index contributed by atoms with van der Waals surface area (Å²) in [4.78, 5) is 55.5. The average Bonchev–Trinajstić information content (AvgIpc) is 3.14. The highest BCUT2D eigenvalue weighted by molar-refractivity contribution is 6.48.